The quantitative estimate of drug-likeness (QED) is 0.865. The summed E-state index contributed by atoms with van der Waals surface area (Å²) in [4.78, 5) is 12.7. The highest BCUT2D eigenvalue weighted by Gasteiger charge is 2.30. The molecular weight excluding hydrogens is 330 g/mol. The third-order valence-corrected chi connectivity index (χ3v) is 4.69. The Bertz CT molecular complexity index is 768. The van der Waals surface area contributed by atoms with Crippen LogP contribution in [-0.4, -0.2) is 32.8 Å². The average Bonchev–Trinajstić information content (AvgIpc) is 2.68. The van der Waals surface area contributed by atoms with Gasteiger partial charge in [0.05, 0.1) is 12.5 Å². The summed E-state index contributed by atoms with van der Waals surface area (Å²) in [7, 11) is 1.65. The Morgan fingerprint density at radius 2 is 1.77 bits per heavy atom. The molecule has 2 aromatic carbocycles. The standard InChI is InChI=1S/C21H25NO4/c1-21(2,16-6-9-18-19(14-16)26-13-12-25-18)20(23)22-11-10-15-4-7-17(24-3)8-5-15/h4-9,14H,10-13H2,1-3H3,(H,22,23). The molecule has 5 heteroatoms. The molecule has 0 fully saturated rings. The van der Waals surface area contributed by atoms with Gasteiger partial charge in [-0.1, -0.05) is 18.2 Å². The van der Waals surface area contributed by atoms with Gasteiger partial charge in [-0.25, -0.2) is 0 Å². The lowest BCUT2D eigenvalue weighted by molar-refractivity contribution is -0.125. The maximum absolute atomic E-state index is 12.7. The highest BCUT2D eigenvalue weighted by Crippen LogP contribution is 2.35. The largest absolute Gasteiger partial charge is 0.497 e. The van der Waals surface area contributed by atoms with E-state index < -0.39 is 5.41 Å². The first kappa shape index (κ1) is 18.1. The number of fused-ring (bicyclic) bond motifs is 1. The maximum atomic E-state index is 12.7. The van der Waals surface area contributed by atoms with Gasteiger partial charge in [-0.2, -0.15) is 0 Å². The molecule has 3 rings (SSSR count). The maximum Gasteiger partial charge on any atom is 0.230 e. The molecule has 1 heterocycles. The molecule has 0 unspecified atom stereocenters. The summed E-state index contributed by atoms with van der Waals surface area (Å²) >= 11 is 0. The number of hydrogen-bond acceptors (Lipinski definition) is 4. The van der Waals surface area contributed by atoms with Crippen molar-refractivity contribution in [2.24, 2.45) is 0 Å². The van der Waals surface area contributed by atoms with Gasteiger partial charge in [0.1, 0.15) is 19.0 Å². The summed E-state index contributed by atoms with van der Waals surface area (Å²) in [6, 6.07) is 13.6. The van der Waals surface area contributed by atoms with Crippen molar-refractivity contribution < 1.29 is 19.0 Å². The van der Waals surface area contributed by atoms with E-state index in [4.69, 9.17) is 14.2 Å². The molecule has 0 saturated heterocycles. The van der Waals surface area contributed by atoms with Gasteiger partial charge >= 0.3 is 0 Å². The van der Waals surface area contributed by atoms with Crippen molar-refractivity contribution in [1.29, 1.82) is 0 Å². The fourth-order valence-corrected chi connectivity index (χ4v) is 2.90. The van der Waals surface area contributed by atoms with Crippen LogP contribution in [-0.2, 0) is 16.6 Å². The van der Waals surface area contributed by atoms with Crippen LogP contribution in [0.15, 0.2) is 42.5 Å². The zero-order valence-electron chi connectivity index (χ0n) is 15.5. The summed E-state index contributed by atoms with van der Waals surface area (Å²) < 4.78 is 16.3. The zero-order valence-corrected chi connectivity index (χ0v) is 15.5. The van der Waals surface area contributed by atoms with Crippen LogP contribution in [0.2, 0.25) is 0 Å². The van der Waals surface area contributed by atoms with E-state index in [9.17, 15) is 4.79 Å². The van der Waals surface area contributed by atoms with E-state index >= 15 is 0 Å². The molecule has 1 aliphatic rings. The first-order valence-corrected chi connectivity index (χ1v) is 8.82. The Balaban J connectivity index is 1.60. The van der Waals surface area contributed by atoms with E-state index in [0.29, 0.717) is 25.5 Å². The molecule has 0 aliphatic carbocycles. The lowest BCUT2D eigenvalue weighted by Crippen LogP contribution is -2.41. The monoisotopic (exact) mass is 355 g/mol. The van der Waals surface area contributed by atoms with Crippen molar-refractivity contribution in [3.63, 3.8) is 0 Å². The number of benzene rings is 2. The van der Waals surface area contributed by atoms with Crippen molar-refractivity contribution in [1.82, 2.24) is 5.32 Å². The molecular formula is C21H25NO4. The fourth-order valence-electron chi connectivity index (χ4n) is 2.90. The molecule has 5 nitrogen and oxygen atoms in total. The minimum absolute atomic E-state index is 0.0114. The van der Waals surface area contributed by atoms with E-state index in [1.807, 2.05) is 56.3 Å². The van der Waals surface area contributed by atoms with Crippen LogP contribution in [0.5, 0.6) is 17.2 Å². The smallest absolute Gasteiger partial charge is 0.230 e. The molecule has 0 aromatic heterocycles. The van der Waals surface area contributed by atoms with Crippen LogP contribution in [0.3, 0.4) is 0 Å². The second-order valence-corrected chi connectivity index (χ2v) is 6.84. The summed E-state index contributed by atoms with van der Waals surface area (Å²) in [5, 5.41) is 3.04. The lowest BCUT2D eigenvalue weighted by Gasteiger charge is -2.26. The highest BCUT2D eigenvalue weighted by atomic mass is 16.6. The van der Waals surface area contributed by atoms with Crippen LogP contribution in [0, 0.1) is 0 Å². The number of ether oxygens (including phenoxy) is 3. The number of carbonyl (C=O) groups excluding carboxylic acids is 1. The summed E-state index contributed by atoms with van der Waals surface area (Å²) in [6.45, 7) is 5.51. The Labute approximate surface area is 154 Å². The van der Waals surface area contributed by atoms with Gasteiger partial charge in [0.25, 0.3) is 0 Å². The number of hydrogen-bond donors (Lipinski definition) is 1. The first-order chi connectivity index (χ1) is 12.5. The summed E-state index contributed by atoms with van der Waals surface area (Å²) in [5.74, 6) is 2.25. The Hall–Kier alpha value is -2.69. The number of carbonyl (C=O) groups is 1. The minimum Gasteiger partial charge on any atom is -0.497 e. The molecule has 1 N–H and O–H groups in total. The molecule has 2 aromatic rings. The van der Waals surface area contributed by atoms with E-state index in [1.54, 1.807) is 7.11 Å². The van der Waals surface area contributed by atoms with Gasteiger partial charge in [-0.3, -0.25) is 4.79 Å². The Kier molecular flexibility index (Phi) is 5.35. The molecule has 138 valence electrons. The molecule has 0 atom stereocenters. The van der Waals surface area contributed by atoms with E-state index in [-0.39, 0.29) is 5.91 Å². The first-order valence-electron chi connectivity index (χ1n) is 8.82. The Morgan fingerprint density at radius 1 is 1.08 bits per heavy atom. The third kappa shape index (κ3) is 3.93. The van der Waals surface area contributed by atoms with Gasteiger partial charge in [-0.15, -0.1) is 0 Å². The number of methoxy groups -OCH3 is 1. The minimum atomic E-state index is -0.657. The molecule has 1 aliphatic heterocycles. The van der Waals surface area contributed by atoms with Crippen LogP contribution in [0.25, 0.3) is 0 Å². The van der Waals surface area contributed by atoms with Crippen LogP contribution in [0.1, 0.15) is 25.0 Å². The molecule has 0 saturated carbocycles. The topological polar surface area (TPSA) is 56.8 Å². The second kappa shape index (κ2) is 7.68. The van der Waals surface area contributed by atoms with Crippen molar-refractivity contribution >= 4 is 5.91 Å². The van der Waals surface area contributed by atoms with Crippen molar-refractivity contribution in [2.45, 2.75) is 25.7 Å². The lowest BCUT2D eigenvalue weighted by atomic mass is 9.83. The van der Waals surface area contributed by atoms with E-state index in [1.165, 1.54) is 0 Å². The van der Waals surface area contributed by atoms with Crippen LogP contribution < -0.4 is 19.5 Å². The second-order valence-electron chi connectivity index (χ2n) is 6.84. The average molecular weight is 355 g/mol. The highest BCUT2D eigenvalue weighted by molar-refractivity contribution is 5.87. The van der Waals surface area contributed by atoms with Crippen molar-refractivity contribution in [2.75, 3.05) is 26.9 Å². The summed E-state index contributed by atoms with van der Waals surface area (Å²) in [6.07, 6.45) is 0.771. The SMILES string of the molecule is COc1ccc(CCNC(=O)C(C)(C)c2ccc3c(c2)OCCO3)cc1. The molecule has 0 radical (unpaired) electrons. The van der Waals surface area contributed by atoms with E-state index in [0.717, 1.165) is 29.0 Å². The van der Waals surface area contributed by atoms with Crippen molar-refractivity contribution in [3.05, 3.63) is 53.6 Å². The van der Waals surface area contributed by atoms with Crippen LogP contribution >= 0.6 is 0 Å². The summed E-state index contributed by atoms with van der Waals surface area (Å²) in [5.41, 5.74) is 1.40. The normalized spacial score (nSPS) is 13.2. The van der Waals surface area contributed by atoms with Gasteiger partial charge < -0.3 is 19.5 Å². The zero-order chi connectivity index (χ0) is 18.6. The van der Waals surface area contributed by atoms with Gasteiger partial charge in [-0.05, 0) is 55.7 Å². The van der Waals surface area contributed by atoms with Gasteiger partial charge in [0.2, 0.25) is 5.91 Å². The molecule has 0 spiro atoms. The van der Waals surface area contributed by atoms with Crippen molar-refractivity contribution in [3.8, 4) is 17.2 Å². The number of nitrogens with one attached hydrogen (secondary N) is 1. The number of rotatable bonds is 6. The van der Waals surface area contributed by atoms with Crippen LogP contribution in [0.4, 0.5) is 0 Å². The predicted molar refractivity (Wildman–Crippen MR) is 100 cm³/mol. The molecule has 0 bridgehead atoms. The number of amides is 1. The predicted octanol–water partition coefficient (Wildman–Crippen LogP) is 3.10. The van der Waals surface area contributed by atoms with E-state index in [2.05, 4.69) is 5.32 Å². The Morgan fingerprint density at radius 3 is 2.46 bits per heavy atom. The van der Waals surface area contributed by atoms with Gasteiger partial charge in [0, 0.05) is 6.54 Å². The third-order valence-electron chi connectivity index (χ3n) is 4.69. The molecule has 1 amide bonds. The van der Waals surface area contributed by atoms with Gasteiger partial charge in [0.15, 0.2) is 11.5 Å². The molecule has 26 heavy (non-hydrogen) atoms. The fraction of sp³-hybridized carbons (Fsp3) is 0.381.